The van der Waals surface area contributed by atoms with E-state index in [1.54, 1.807) is 0 Å². The predicted molar refractivity (Wildman–Crippen MR) is 46.2 cm³/mol. The largest absolute Gasteiger partial charge is 0.508 e. The van der Waals surface area contributed by atoms with Crippen LogP contribution in [0.3, 0.4) is 0 Å². The Kier molecular flexibility index (Phi) is 1.77. The molecule has 1 heterocycles. The first kappa shape index (κ1) is 8.19. The molecule has 0 saturated heterocycles. The molecule has 2 aromatic rings. The monoisotopic (exact) mass is 198 g/mol. The van der Waals surface area contributed by atoms with Crippen molar-refractivity contribution < 1.29 is 9.50 Å². The number of halogens is 2. The van der Waals surface area contributed by atoms with Crippen molar-refractivity contribution in [3.05, 3.63) is 29.2 Å². The van der Waals surface area contributed by atoms with E-state index >= 15 is 0 Å². The lowest BCUT2D eigenvalue weighted by Crippen LogP contribution is -1.87. The second-order valence-electron chi connectivity index (χ2n) is 2.53. The molecule has 13 heavy (non-hydrogen) atoms. The fourth-order valence-electron chi connectivity index (χ4n) is 1.06. The predicted octanol–water partition coefficient (Wildman–Crippen LogP) is 2.13. The summed E-state index contributed by atoms with van der Waals surface area (Å²) in [6.45, 7) is 0. The van der Waals surface area contributed by atoms with Crippen LogP contribution in [0.25, 0.3) is 10.9 Å². The highest BCUT2D eigenvalue weighted by Crippen LogP contribution is 2.22. The van der Waals surface area contributed by atoms with Crippen molar-refractivity contribution in [3.8, 4) is 5.75 Å². The van der Waals surface area contributed by atoms with Crippen molar-refractivity contribution in [1.29, 1.82) is 0 Å². The van der Waals surface area contributed by atoms with Crippen LogP contribution in [0, 0.1) is 5.82 Å². The maximum absolute atomic E-state index is 13.1. The van der Waals surface area contributed by atoms with Gasteiger partial charge < -0.3 is 5.11 Å². The molecule has 0 atom stereocenters. The van der Waals surface area contributed by atoms with Gasteiger partial charge in [-0.2, -0.15) is 0 Å². The van der Waals surface area contributed by atoms with Crippen LogP contribution < -0.4 is 0 Å². The van der Waals surface area contributed by atoms with Gasteiger partial charge in [-0.15, -0.1) is 10.2 Å². The Morgan fingerprint density at radius 3 is 2.77 bits per heavy atom. The summed E-state index contributed by atoms with van der Waals surface area (Å²) in [7, 11) is 0. The molecule has 0 saturated carbocycles. The number of phenolic OH excluding ortho intramolecular Hbond substituents is 1. The number of aromatic hydroxyl groups is 1. The molecule has 0 radical (unpaired) electrons. The third-order valence-corrected chi connectivity index (χ3v) is 1.79. The quantitative estimate of drug-likeness (QED) is 0.705. The van der Waals surface area contributed by atoms with Crippen molar-refractivity contribution in [3.63, 3.8) is 0 Å². The summed E-state index contributed by atoms with van der Waals surface area (Å²) >= 11 is 5.53. The average molecular weight is 199 g/mol. The average Bonchev–Trinajstić information content (AvgIpc) is 2.06. The standard InChI is InChI=1S/C8H4ClFN2O/c9-8-3-5-6(10)1-4(13)2-7(5)11-12-8/h1-3,13H. The number of phenols is 1. The molecule has 0 unspecified atom stereocenters. The highest BCUT2D eigenvalue weighted by Gasteiger charge is 2.05. The zero-order valence-electron chi connectivity index (χ0n) is 6.33. The molecule has 1 N–H and O–H groups in total. The molecule has 0 aliphatic carbocycles. The van der Waals surface area contributed by atoms with E-state index < -0.39 is 5.82 Å². The van der Waals surface area contributed by atoms with E-state index in [0.717, 1.165) is 6.07 Å². The van der Waals surface area contributed by atoms with Gasteiger partial charge in [0.05, 0.1) is 5.52 Å². The molecular weight excluding hydrogens is 195 g/mol. The van der Waals surface area contributed by atoms with Gasteiger partial charge in [0.2, 0.25) is 0 Å². The minimum atomic E-state index is -0.563. The molecule has 1 aromatic carbocycles. The third-order valence-electron chi connectivity index (χ3n) is 1.61. The van der Waals surface area contributed by atoms with Crippen LogP contribution in [0.4, 0.5) is 4.39 Å². The van der Waals surface area contributed by atoms with Crippen LogP contribution in [0.2, 0.25) is 5.15 Å². The zero-order valence-corrected chi connectivity index (χ0v) is 7.09. The molecule has 0 fully saturated rings. The molecule has 0 aliphatic rings. The number of hydrogen-bond acceptors (Lipinski definition) is 3. The van der Waals surface area contributed by atoms with Gasteiger partial charge in [0.1, 0.15) is 11.6 Å². The van der Waals surface area contributed by atoms with Crippen LogP contribution in [0.15, 0.2) is 18.2 Å². The molecule has 3 nitrogen and oxygen atoms in total. The number of nitrogens with zero attached hydrogens (tertiary/aromatic N) is 2. The normalized spacial score (nSPS) is 10.6. The van der Waals surface area contributed by atoms with E-state index in [-0.39, 0.29) is 21.8 Å². The molecule has 66 valence electrons. The van der Waals surface area contributed by atoms with Gasteiger partial charge >= 0.3 is 0 Å². The molecule has 0 bridgehead atoms. The fourth-order valence-corrected chi connectivity index (χ4v) is 1.21. The highest BCUT2D eigenvalue weighted by molar-refractivity contribution is 6.29. The molecule has 2 rings (SSSR count). The van der Waals surface area contributed by atoms with Gasteiger partial charge in [0, 0.05) is 17.5 Å². The number of aromatic nitrogens is 2. The first-order valence-electron chi connectivity index (χ1n) is 3.48. The van der Waals surface area contributed by atoms with Gasteiger partial charge in [0.15, 0.2) is 5.15 Å². The van der Waals surface area contributed by atoms with E-state index in [2.05, 4.69) is 10.2 Å². The van der Waals surface area contributed by atoms with Gasteiger partial charge in [-0.3, -0.25) is 0 Å². The molecule has 0 spiro atoms. The van der Waals surface area contributed by atoms with Crippen LogP contribution in [-0.2, 0) is 0 Å². The Bertz CT molecular complexity index is 475. The first-order chi connectivity index (χ1) is 6.16. The Labute approximate surface area is 77.8 Å². The van der Waals surface area contributed by atoms with E-state index in [4.69, 9.17) is 16.7 Å². The first-order valence-corrected chi connectivity index (χ1v) is 3.86. The van der Waals surface area contributed by atoms with Crippen LogP contribution in [0.1, 0.15) is 0 Å². The summed E-state index contributed by atoms with van der Waals surface area (Å²) in [4.78, 5) is 0. The summed E-state index contributed by atoms with van der Waals surface area (Å²) in [6, 6.07) is 3.68. The van der Waals surface area contributed by atoms with Gasteiger partial charge in [-0.05, 0) is 6.07 Å². The van der Waals surface area contributed by atoms with E-state index in [9.17, 15) is 4.39 Å². The third kappa shape index (κ3) is 1.40. The summed E-state index contributed by atoms with van der Waals surface area (Å²) in [6.07, 6.45) is 0. The lowest BCUT2D eigenvalue weighted by Gasteiger charge is -1.98. The summed E-state index contributed by atoms with van der Waals surface area (Å²) in [5, 5.41) is 16.6. The molecule has 5 heteroatoms. The number of benzene rings is 1. The smallest absolute Gasteiger partial charge is 0.152 e. The second kappa shape index (κ2) is 2.81. The lowest BCUT2D eigenvalue weighted by atomic mass is 10.2. The van der Waals surface area contributed by atoms with Crippen LogP contribution in [0.5, 0.6) is 5.75 Å². The highest BCUT2D eigenvalue weighted by atomic mass is 35.5. The number of rotatable bonds is 0. The molecule has 0 amide bonds. The lowest BCUT2D eigenvalue weighted by molar-refractivity contribution is 0.470. The van der Waals surface area contributed by atoms with Crippen LogP contribution in [-0.4, -0.2) is 15.3 Å². The summed E-state index contributed by atoms with van der Waals surface area (Å²) in [5.41, 5.74) is 0.280. The molecular formula is C8H4ClFN2O. The van der Waals surface area contributed by atoms with Crippen LogP contribution >= 0.6 is 11.6 Å². The van der Waals surface area contributed by atoms with Crippen molar-refractivity contribution >= 4 is 22.5 Å². The van der Waals surface area contributed by atoms with Gasteiger partial charge in [-0.1, -0.05) is 11.6 Å². The summed E-state index contributed by atoms with van der Waals surface area (Å²) < 4.78 is 13.1. The van der Waals surface area contributed by atoms with E-state index in [0.29, 0.717) is 0 Å². The molecule has 1 aromatic heterocycles. The van der Waals surface area contributed by atoms with Crippen molar-refractivity contribution in [2.45, 2.75) is 0 Å². The Morgan fingerprint density at radius 2 is 2.00 bits per heavy atom. The van der Waals surface area contributed by atoms with Gasteiger partial charge in [0.25, 0.3) is 0 Å². The number of fused-ring (bicyclic) bond motifs is 1. The number of hydrogen-bond donors (Lipinski definition) is 1. The second-order valence-corrected chi connectivity index (χ2v) is 2.91. The minimum absolute atomic E-state index is 0.122. The van der Waals surface area contributed by atoms with Crippen molar-refractivity contribution in [2.24, 2.45) is 0 Å². The zero-order chi connectivity index (χ0) is 9.42. The summed E-state index contributed by atoms with van der Waals surface area (Å²) in [5.74, 6) is -0.742. The fraction of sp³-hybridized carbons (Fsp3) is 0. The van der Waals surface area contributed by atoms with E-state index in [1.165, 1.54) is 12.1 Å². The Morgan fingerprint density at radius 1 is 1.23 bits per heavy atom. The topological polar surface area (TPSA) is 46.0 Å². The van der Waals surface area contributed by atoms with Crippen molar-refractivity contribution in [1.82, 2.24) is 10.2 Å². The SMILES string of the molecule is Oc1cc(F)c2cc(Cl)nnc2c1. The molecule has 0 aliphatic heterocycles. The maximum Gasteiger partial charge on any atom is 0.152 e. The Hall–Kier alpha value is -1.42. The van der Waals surface area contributed by atoms with E-state index in [1.807, 2.05) is 0 Å². The Balaban J connectivity index is 2.87. The van der Waals surface area contributed by atoms with Crippen molar-refractivity contribution in [2.75, 3.05) is 0 Å². The van der Waals surface area contributed by atoms with Gasteiger partial charge in [-0.25, -0.2) is 4.39 Å². The maximum atomic E-state index is 13.1. The minimum Gasteiger partial charge on any atom is -0.508 e.